The monoisotopic (exact) mass is 436 g/mol. The second-order valence-corrected chi connectivity index (χ2v) is 7.86. The quantitative estimate of drug-likeness (QED) is 0.382. The molecule has 174 valence electrons. The highest BCUT2D eigenvalue weighted by Crippen LogP contribution is 2.32. The number of aryl methyl sites for hydroxylation is 1. The van der Waals surface area contributed by atoms with Crippen molar-refractivity contribution in [3.05, 3.63) is 29.8 Å². The molecule has 1 heterocycles. The molecule has 1 saturated heterocycles. The normalized spacial score (nSPS) is 25.6. The molecule has 31 heavy (non-hydrogen) atoms. The van der Waals surface area contributed by atoms with Crippen molar-refractivity contribution in [1.82, 2.24) is 0 Å². The third-order valence-corrected chi connectivity index (χ3v) is 5.39. The summed E-state index contributed by atoms with van der Waals surface area (Å²) in [5.41, 5.74) is 1.24. The third kappa shape index (κ3) is 7.82. The molecule has 0 unspecified atom stereocenters. The smallest absolute Gasteiger partial charge is 0.303 e. The lowest BCUT2D eigenvalue weighted by Crippen LogP contribution is -2.57. The molecule has 0 amide bonds. The van der Waals surface area contributed by atoms with E-state index in [0.29, 0.717) is 13.2 Å². The van der Waals surface area contributed by atoms with Crippen LogP contribution >= 0.6 is 0 Å². The van der Waals surface area contributed by atoms with Gasteiger partial charge >= 0.3 is 11.9 Å². The van der Waals surface area contributed by atoms with Crippen LogP contribution in [0.3, 0.4) is 0 Å². The highest BCUT2D eigenvalue weighted by atomic mass is 16.7. The Morgan fingerprint density at radius 2 is 1.61 bits per heavy atom. The predicted octanol–water partition coefficient (Wildman–Crippen LogP) is 4.06. The van der Waals surface area contributed by atoms with Crippen molar-refractivity contribution in [1.29, 1.82) is 0 Å². The maximum atomic E-state index is 11.7. The highest BCUT2D eigenvalue weighted by molar-refractivity contribution is 5.67. The molecule has 1 fully saturated rings. The van der Waals surface area contributed by atoms with E-state index in [4.69, 9.17) is 23.7 Å². The van der Waals surface area contributed by atoms with Crippen LogP contribution in [0.1, 0.15) is 59.4 Å². The first-order valence-corrected chi connectivity index (χ1v) is 11.2. The second-order valence-electron chi connectivity index (χ2n) is 7.86. The minimum atomic E-state index is -0.787. The van der Waals surface area contributed by atoms with Gasteiger partial charge in [0.25, 0.3) is 0 Å². The van der Waals surface area contributed by atoms with E-state index >= 15 is 0 Å². The van der Waals surface area contributed by atoms with Crippen LogP contribution in [0.15, 0.2) is 24.3 Å². The molecule has 0 radical (unpaired) electrons. The summed E-state index contributed by atoms with van der Waals surface area (Å²) in [6, 6.07) is 8.11. The second kappa shape index (κ2) is 12.7. The summed E-state index contributed by atoms with van der Waals surface area (Å²) in [5.74, 6) is -0.114. The van der Waals surface area contributed by atoms with Crippen LogP contribution in [0.2, 0.25) is 0 Å². The summed E-state index contributed by atoms with van der Waals surface area (Å²) in [7, 11) is 0. The largest absolute Gasteiger partial charge is 0.494 e. The fourth-order valence-electron chi connectivity index (χ4n) is 3.87. The number of carbonyl (C=O) groups excluding carboxylic acids is 2. The molecule has 7 heteroatoms. The minimum absolute atomic E-state index is 0.113. The number of benzene rings is 1. The van der Waals surface area contributed by atoms with Gasteiger partial charge in [-0.05, 0) is 50.3 Å². The molecule has 0 saturated carbocycles. The number of rotatable bonds is 11. The van der Waals surface area contributed by atoms with E-state index in [1.54, 1.807) is 0 Å². The number of carbonyl (C=O) groups is 2. The van der Waals surface area contributed by atoms with Crippen LogP contribution in [-0.4, -0.2) is 49.8 Å². The summed E-state index contributed by atoms with van der Waals surface area (Å²) >= 11 is 0. The van der Waals surface area contributed by atoms with E-state index in [9.17, 15) is 9.59 Å². The standard InChI is InChI=1S/C24H36O7/c1-6-21-16(3)22(29-17(4)25)23(30-18(5)26)24(31-21)28-15-9-8-10-19-11-13-20(14-12-19)27-7-2/h11-14,16,21-24H,6-10,15H2,1-5H3/t16-,21-,22+,23-,24-/m1/s1. The van der Waals surface area contributed by atoms with Gasteiger partial charge in [0.05, 0.1) is 12.7 Å². The van der Waals surface area contributed by atoms with Crippen LogP contribution in [0.4, 0.5) is 0 Å². The van der Waals surface area contributed by atoms with Crippen LogP contribution in [-0.2, 0) is 35.0 Å². The Balaban J connectivity index is 1.90. The summed E-state index contributed by atoms with van der Waals surface area (Å²) in [6.07, 6.45) is 1.14. The molecule has 0 N–H and O–H groups in total. The lowest BCUT2D eigenvalue weighted by Gasteiger charge is -2.43. The molecule has 1 aromatic rings. The molecule has 0 aliphatic carbocycles. The number of hydrogen-bond acceptors (Lipinski definition) is 7. The van der Waals surface area contributed by atoms with E-state index < -0.39 is 30.4 Å². The first-order chi connectivity index (χ1) is 14.8. The summed E-state index contributed by atoms with van der Waals surface area (Å²) in [4.78, 5) is 23.3. The number of unbranched alkanes of at least 4 members (excludes halogenated alkanes) is 1. The van der Waals surface area contributed by atoms with Crippen molar-refractivity contribution < 1.29 is 33.3 Å². The van der Waals surface area contributed by atoms with Crippen molar-refractivity contribution in [2.24, 2.45) is 5.92 Å². The van der Waals surface area contributed by atoms with Crippen LogP contribution in [0.5, 0.6) is 5.75 Å². The predicted molar refractivity (Wildman–Crippen MR) is 116 cm³/mol. The maximum absolute atomic E-state index is 11.7. The lowest BCUT2D eigenvalue weighted by atomic mass is 9.89. The van der Waals surface area contributed by atoms with Gasteiger partial charge in [-0.1, -0.05) is 26.0 Å². The van der Waals surface area contributed by atoms with E-state index in [2.05, 4.69) is 12.1 Å². The Morgan fingerprint density at radius 1 is 0.968 bits per heavy atom. The topological polar surface area (TPSA) is 80.3 Å². The lowest BCUT2D eigenvalue weighted by molar-refractivity contribution is -0.290. The average Bonchev–Trinajstić information content (AvgIpc) is 2.72. The Morgan fingerprint density at radius 3 is 2.19 bits per heavy atom. The van der Waals surface area contributed by atoms with Gasteiger partial charge in [-0.15, -0.1) is 0 Å². The van der Waals surface area contributed by atoms with Gasteiger partial charge in [-0.2, -0.15) is 0 Å². The molecular formula is C24H36O7. The average molecular weight is 437 g/mol. The Bertz CT molecular complexity index is 688. The molecule has 0 bridgehead atoms. The molecule has 1 aliphatic heterocycles. The molecule has 0 aromatic heterocycles. The SMILES string of the molecule is CCOc1ccc(CCCCO[C@@H]2O[C@H](CC)[C@@H](C)[C@H](OC(C)=O)[C@H]2OC(C)=O)cc1. The van der Waals surface area contributed by atoms with Gasteiger partial charge in [0, 0.05) is 26.4 Å². The molecule has 2 rings (SSSR count). The molecule has 7 nitrogen and oxygen atoms in total. The van der Waals surface area contributed by atoms with Crippen LogP contribution in [0, 0.1) is 5.92 Å². The van der Waals surface area contributed by atoms with Gasteiger partial charge in [-0.3, -0.25) is 9.59 Å². The van der Waals surface area contributed by atoms with E-state index in [0.717, 1.165) is 31.4 Å². The highest BCUT2D eigenvalue weighted by Gasteiger charge is 2.47. The Labute approximate surface area is 185 Å². The van der Waals surface area contributed by atoms with E-state index in [-0.39, 0.29) is 12.0 Å². The van der Waals surface area contributed by atoms with Gasteiger partial charge in [0.1, 0.15) is 11.9 Å². The van der Waals surface area contributed by atoms with Crippen LogP contribution < -0.4 is 4.74 Å². The zero-order valence-electron chi connectivity index (χ0n) is 19.3. The van der Waals surface area contributed by atoms with Crippen molar-refractivity contribution in [3.63, 3.8) is 0 Å². The maximum Gasteiger partial charge on any atom is 0.303 e. The van der Waals surface area contributed by atoms with Gasteiger partial charge < -0.3 is 23.7 Å². The molecule has 1 aliphatic rings. The first-order valence-electron chi connectivity index (χ1n) is 11.2. The molecule has 5 atom stereocenters. The van der Waals surface area contributed by atoms with E-state index in [1.165, 1.54) is 19.4 Å². The van der Waals surface area contributed by atoms with Gasteiger partial charge in [0.2, 0.25) is 0 Å². The van der Waals surface area contributed by atoms with Crippen molar-refractivity contribution in [3.8, 4) is 5.75 Å². The van der Waals surface area contributed by atoms with Crippen LogP contribution in [0.25, 0.3) is 0 Å². The number of hydrogen-bond donors (Lipinski definition) is 0. The zero-order chi connectivity index (χ0) is 22.8. The van der Waals surface area contributed by atoms with E-state index in [1.807, 2.05) is 32.9 Å². The number of ether oxygens (including phenoxy) is 5. The van der Waals surface area contributed by atoms with Gasteiger partial charge in [0.15, 0.2) is 12.4 Å². The fraction of sp³-hybridized carbons (Fsp3) is 0.667. The third-order valence-electron chi connectivity index (χ3n) is 5.39. The number of esters is 2. The molecular weight excluding hydrogens is 400 g/mol. The zero-order valence-corrected chi connectivity index (χ0v) is 19.3. The van der Waals surface area contributed by atoms with Crippen molar-refractivity contribution in [2.75, 3.05) is 13.2 Å². The Kier molecular flexibility index (Phi) is 10.3. The minimum Gasteiger partial charge on any atom is -0.494 e. The summed E-state index contributed by atoms with van der Waals surface area (Å²) in [6.45, 7) is 9.70. The first kappa shape index (κ1) is 25.1. The van der Waals surface area contributed by atoms with Gasteiger partial charge in [-0.25, -0.2) is 0 Å². The molecule has 0 spiro atoms. The fourth-order valence-corrected chi connectivity index (χ4v) is 3.87. The molecule has 1 aromatic carbocycles. The summed E-state index contributed by atoms with van der Waals surface area (Å²) < 4.78 is 28.5. The van der Waals surface area contributed by atoms with Crippen molar-refractivity contribution >= 4 is 11.9 Å². The summed E-state index contributed by atoms with van der Waals surface area (Å²) in [5, 5.41) is 0. The Hall–Kier alpha value is -2.12. The van der Waals surface area contributed by atoms with Crippen molar-refractivity contribution in [2.45, 2.75) is 84.9 Å².